The van der Waals surface area contributed by atoms with Gasteiger partial charge < -0.3 is 4.74 Å². The quantitative estimate of drug-likeness (QED) is 0.639. The third-order valence-corrected chi connectivity index (χ3v) is 2.61. The Labute approximate surface area is 104 Å². The van der Waals surface area contributed by atoms with Crippen LogP contribution in [0.2, 0.25) is 0 Å². The van der Waals surface area contributed by atoms with E-state index in [1.165, 1.54) is 0 Å². The summed E-state index contributed by atoms with van der Waals surface area (Å²) >= 11 is 0. The molecular formula is C15H22O2. The highest BCUT2D eigenvalue weighted by molar-refractivity contribution is 5.78. The van der Waals surface area contributed by atoms with Crippen molar-refractivity contribution >= 4 is 5.78 Å². The van der Waals surface area contributed by atoms with Crippen LogP contribution >= 0.6 is 0 Å². The highest BCUT2D eigenvalue weighted by Gasteiger charge is 2.03. The van der Waals surface area contributed by atoms with Gasteiger partial charge in [-0.05, 0) is 30.9 Å². The summed E-state index contributed by atoms with van der Waals surface area (Å²) in [6, 6.07) is 9.72. The number of carbonyl (C=O) groups excluding carboxylic acids is 1. The largest absolute Gasteiger partial charge is 0.494 e. The number of hydrogen-bond donors (Lipinski definition) is 0. The van der Waals surface area contributed by atoms with Gasteiger partial charge in [0.2, 0.25) is 0 Å². The number of Topliss-reactive ketones (excluding diaryl/α,β-unsaturated/α-hetero) is 1. The molecule has 2 nitrogen and oxygen atoms in total. The predicted molar refractivity (Wildman–Crippen MR) is 70.3 cm³/mol. The number of carbonyl (C=O) groups is 1. The van der Waals surface area contributed by atoms with Crippen molar-refractivity contribution in [2.24, 2.45) is 5.92 Å². The van der Waals surface area contributed by atoms with Crippen molar-refractivity contribution in [2.45, 2.75) is 39.5 Å². The fourth-order valence-electron chi connectivity index (χ4n) is 1.55. The van der Waals surface area contributed by atoms with E-state index < -0.39 is 0 Å². The summed E-state index contributed by atoms with van der Waals surface area (Å²) in [5.74, 6) is 1.84. The molecule has 17 heavy (non-hydrogen) atoms. The first kappa shape index (κ1) is 13.8. The summed E-state index contributed by atoms with van der Waals surface area (Å²) in [6.45, 7) is 4.91. The van der Waals surface area contributed by atoms with Gasteiger partial charge in [-0.15, -0.1) is 0 Å². The van der Waals surface area contributed by atoms with Crippen LogP contribution in [0.4, 0.5) is 0 Å². The van der Waals surface area contributed by atoms with E-state index in [0.29, 0.717) is 31.1 Å². The molecule has 1 aromatic carbocycles. The van der Waals surface area contributed by atoms with E-state index in [4.69, 9.17) is 4.74 Å². The zero-order valence-electron chi connectivity index (χ0n) is 10.8. The molecule has 2 heteroatoms. The van der Waals surface area contributed by atoms with Gasteiger partial charge >= 0.3 is 0 Å². The normalized spacial score (nSPS) is 10.5. The van der Waals surface area contributed by atoms with Crippen LogP contribution in [0.25, 0.3) is 0 Å². The number of benzene rings is 1. The van der Waals surface area contributed by atoms with E-state index in [1.54, 1.807) is 0 Å². The SMILES string of the molecule is CC(C)CCC(=O)CCCOc1ccccc1. The second-order valence-electron chi connectivity index (χ2n) is 4.74. The molecule has 0 radical (unpaired) electrons. The zero-order chi connectivity index (χ0) is 12.5. The maximum absolute atomic E-state index is 11.5. The number of ether oxygens (including phenoxy) is 1. The molecule has 0 saturated heterocycles. The molecule has 0 bridgehead atoms. The summed E-state index contributed by atoms with van der Waals surface area (Å²) in [4.78, 5) is 11.5. The Balaban J connectivity index is 2.06. The zero-order valence-corrected chi connectivity index (χ0v) is 10.8. The monoisotopic (exact) mass is 234 g/mol. The summed E-state index contributed by atoms with van der Waals surface area (Å²) in [7, 11) is 0. The van der Waals surface area contributed by atoms with Crippen molar-refractivity contribution in [3.05, 3.63) is 30.3 Å². The van der Waals surface area contributed by atoms with E-state index in [1.807, 2.05) is 30.3 Å². The molecular weight excluding hydrogens is 212 g/mol. The lowest BCUT2D eigenvalue weighted by Crippen LogP contribution is -2.04. The Hall–Kier alpha value is -1.31. The molecule has 94 valence electrons. The fourth-order valence-corrected chi connectivity index (χ4v) is 1.55. The van der Waals surface area contributed by atoms with Gasteiger partial charge in [0, 0.05) is 12.8 Å². The molecule has 0 amide bonds. The Kier molecular flexibility index (Phi) is 6.38. The average molecular weight is 234 g/mol. The van der Waals surface area contributed by atoms with Crippen molar-refractivity contribution in [1.29, 1.82) is 0 Å². The van der Waals surface area contributed by atoms with Gasteiger partial charge in [-0.1, -0.05) is 32.0 Å². The minimum Gasteiger partial charge on any atom is -0.494 e. The average Bonchev–Trinajstić information content (AvgIpc) is 2.33. The first-order valence-corrected chi connectivity index (χ1v) is 6.38. The fraction of sp³-hybridized carbons (Fsp3) is 0.533. The lowest BCUT2D eigenvalue weighted by atomic mass is 10.0. The minimum atomic E-state index is 0.357. The molecule has 0 spiro atoms. The van der Waals surface area contributed by atoms with Crippen LogP contribution in [-0.4, -0.2) is 12.4 Å². The van der Waals surface area contributed by atoms with Gasteiger partial charge in [-0.2, -0.15) is 0 Å². The molecule has 0 aliphatic heterocycles. The molecule has 1 aromatic rings. The van der Waals surface area contributed by atoms with Crippen LogP contribution in [0.1, 0.15) is 39.5 Å². The van der Waals surface area contributed by atoms with Crippen LogP contribution in [0, 0.1) is 5.92 Å². The van der Waals surface area contributed by atoms with Crippen molar-refractivity contribution in [3.8, 4) is 5.75 Å². The predicted octanol–water partition coefficient (Wildman–Crippen LogP) is 3.85. The lowest BCUT2D eigenvalue weighted by Gasteiger charge is -2.06. The highest BCUT2D eigenvalue weighted by Crippen LogP contribution is 2.10. The van der Waals surface area contributed by atoms with Gasteiger partial charge in [0.15, 0.2) is 0 Å². The maximum atomic E-state index is 11.5. The van der Waals surface area contributed by atoms with Crippen molar-refractivity contribution < 1.29 is 9.53 Å². The van der Waals surface area contributed by atoms with E-state index in [0.717, 1.165) is 18.6 Å². The smallest absolute Gasteiger partial charge is 0.133 e. The molecule has 0 saturated carbocycles. The summed E-state index contributed by atoms with van der Waals surface area (Å²) in [5.41, 5.74) is 0. The molecule has 0 N–H and O–H groups in total. The molecule has 0 aromatic heterocycles. The first-order chi connectivity index (χ1) is 8.18. The molecule has 0 atom stereocenters. The van der Waals surface area contributed by atoms with E-state index in [-0.39, 0.29) is 0 Å². The topological polar surface area (TPSA) is 26.3 Å². The van der Waals surface area contributed by atoms with E-state index in [9.17, 15) is 4.79 Å². The summed E-state index contributed by atoms with van der Waals surface area (Å²) < 4.78 is 5.53. The Morgan fingerprint density at radius 1 is 1.18 bits per heavy atom. The molecule has 0 unspecified atom stereocenters. The van der Waals surface area contributed by atoms with Crippen molar-refractivity contribution in [1.82, 2.24) is 0 Å². The Morgan fingerprint density at radius 3 is 2.53 bits per heavy atom. The van der Waals surface area contributed by atoms with Gasteiger partial charge in [0.05, 0.1) is 6.61 Å². The van der Waals surface area contributed by atoms with Gasteiger partial charge in [0.1, 0.15) is 11.5 Å². The van der Waals surface area contributed by atoms with Gasteiger partial charge in [-0.25, -0.2) is 0 Å². The molecule has 0 aliphatic carbocycles. The summed E-state index contributed by atoms with van der Waals surface area (Å²) in [5, 5.41) is 0. The van der Waals surface area contributed by atoms with Crippen LogP contribution < -0.4 is 4.74 Å². The second kappa shape index (κ2) is 7.88. The third-order valence-electron chi connectivity index (χ3n) is 2.61. The lowest BCUT2D eigenvalue weighted by molar-refractivity contribution is -0.119. The molecule has 0 fully saturated rings. The number of hydrogen-bond acceptors (Lipinski definition) is 2. The molecule has 1 rings (SSSR count). The second-order valence-corrected chi connectivity index (χ2v) is 4.74. The van der Waals surface area contributed by atoms with Gasteiger partial charge in [-0.3, -0.25) is 4.79 Å². The van der Waals surface area contributed by atoms with Crippen LogP contribution in [0.15, 0.2) is 30.3 Å². The Bertz CT molecular complexity index is 317. The highest BCUT2D eigenvalue weighted by atomic mass is 16.5. The number of para-hydroxylation sites is 1. The van der Waals surface area contributed by atoms with Crippen LogP contribution in [-0.2, 0) is 4.79 Å². The maximum Gasteiger partial charge on any atom is 0.133 e. The molecule has 0 aliphatic rings. The van der Waals surface area contributed by atoms with E-state index >= 15 is 0 Å². The minimum absolute atomic E-state index is 0.357. The number of rotatable bonds is 8. The third kappa shape index (κ3) is 6.77. The summed E-state index contributed by atoms with van der Waals surface area (Å²) in [6.07, 6.45) is 3.16. The van der Waals surface area contributed by atoms with Crippen LogP contribution in [0.3, 0.4) is 0 Å². The standard InChI is InChI=1S/C15H22O2/c1-13(2)10-11-14(16)7-6-12-17-15-8-4-3-5-9-15/h3-5,8-9,13H,6-7,10-12H2,1-2H3. The first-order valence-electron chi connectivity index (χ1n) is 6.38. The Morgan fingerprint density at radius 2 is 1.88 bits per heavy atom. The van der Waals surface area contributed by atoms with Crippen LogP contribution in [0.5, 0.6) is 5.75 Å². The molecule has 0 heterocycles. The van der Waals surface area contributed by atoms with Crippen molar-refractivity contribution in [3.63, 3.8) is 0 Å². The van der Waals surface area contributed by atoms with Crippen molar-refractivity contribution in [2.75, 3.05) is 6.61 Å². The van der Waals surface area contributed by atoms with Gasteiger partial charge in [0.25, 0.3) is 0 Å². The number of ketones is 1. The van der Waals surface area contributed by atoms with E-state index in [2.05, 4.69) is 13.8 Å².